The molecule has 11 heavy (non-hydrogen) atoms. The molecule has 0 heterocycles. The van der Waals surface area contributed by atoms with Gasteiger partial charge in [-0.1, -0.05) is 0 Å². The fourth-order valence-electron chi connectivity index (χ4n) is 0.526. The number of nitrogens with two attached hydrogens (primary N) is 1. The number of hydrogen-bond acceptors (Lipinski definition) is 4. The van der Waals surface area contributed by atoms with Crippen molar-refractivity contribution < 1.29 is 14.2 Å². The van der Waals surface area contributed by atoms with Crippen molar-refractivity contribution in [2.24, 2.45) is 5.73 Å². The zero-order valence-corrected chi connectivity index (χ0v) is 7.21. The monoisotopic (exact) mass is 163 g/mol. The highest BCUT2D eigenvalue weighted by molar-refractivity contribution is 4.34. The molecular formula is C7H17NO3. The average molecular weight is 163 g/mol. The Kier molecular flexibility index (Phi) is 7.83. The van der Waals surface area contributed by atoms with Gasteiger partial charge in [-0.25, -0.2) is 0 Å². The summed E-state index contributed by atoms with van der Waals surface area (Å²) in [6.45, 7) is 4.10. The van der Waals surface area contributed by atoms with Crippen molar-refractivity contribution in [3.63, 3.8) is 0 Å². The minimum atomic E-state index is -0.156. The summed E-state index contributed by atoms with van der Waals surface area (Å²) in [7, 11) is 1.60. The number of hydrogen-bond donors (Lipinski definition) is 1. The van der Waals surface area contributed by atoms with Crippen LogP contribution in [0.4, 0.5) is 0 Å². The summed E-state index contributed by atoms with van der Waals surface area (Å²) in [4.78, 5) is 0. The van der Waals surface area contributed by atoms with Gasteiger partial charge in [-0.15, -0.1) is 0 Å². The fourth-order valence-corrected chi connectivity index (χ4v) is 0.526. The zero-order valence-electron chi connectivity index (χ0n) is 7.21. The quantitative estimate of drug-likeness (QED) is 0.423. The summed E-state index contributed by atoms with van der Waals surface area (Å²) in [5.41, 5.74) is 5.21. The van der Waals surface area contributed by atoms with Gasteiger partial charge in [0.25, 0.3) is 0 Å². The molecule has 0 radical (unpaired) electrons. The number of ether oxygens (including phenoxy) is 3. The molecular weight excluding hydrogens is 146 g/mol. The molecule has 0 aromatic rings. The van der Waals surface area contributed by atoms with Crippen molar-refractivity contribution in [2.75, 3.05) is 33.5 Å². The third kappa shape index (κ3) is 7.74. The van der Waals surface area contributed by atoms with E-state index in [0.29, 0.717) is 26.4 Å². The first kappa shape index (κ1) is 10.8. The predicted molar refractivity (Wildman–Crippen MR) is 42.3 cm³/mol. The minimum Gasteiger partial charge on any atom is -0.378 e. The molecule has 0 aliphatic rings. The van der Waals surface area contributed by atoms with Crippen molar-refractivity contribution in [1.29, 1.82) is 0 Å². The molecule has 0 aromatic heterocycles. The topological polar surface area (TPSA) is 53.7 Å². The van der Waals surface area contributed by atoms with Crippen LogP contribution in [0.3, 0.4) is 0 Å². The van der Waals surface area contributed by atoms with Gasteiger partial charge in [-0.2, -0.15) is 0 Å². The maximum atomic E-state index is 5.21. The predicted octanol–water partition coefficient (Wildman–Crippen LogP) is -0.0293. The lowest BCUT2D eigenvalue weighted by atomic mass is 10.7. The Hall–Kier alpha value is -0.160. The fraction of sp³-hybridized carbons (Fsp3) is 1.00. The Bertz CT molecular complexity index is 80.1. The lowest BCUT2D eigenvalue weighted by Crippen LogP contribution is -2.16. The van der Waals surface area contributed by atoms with E-state index in [1.165, 1.54) is 0 Å². The molecule has 2 N–H and O–H groups in total. The SMILES string of the molecule is CO[C@H](C)OCCOCCN. The van der Waals surface area contributed by atoms with E-state index in [-0.39, 0.29) is 6.29 Å². The standard InChI is InChI=1S/C7H17NO3/c1-7(9-2)11-6-5-10-4-3-8/h7H,3-6,8H2,1-2H3/t7-/m0/s1. The molecule has 1 atom stereocenters. The van der Waals surface area contributed by atoms with Gasteiger partial charge < -0.3 is 19.9 Å². The Balaban J connectivity index is 2.89. The molecule has 0 fully saturated rings. The molecule has 0 aromatic carbocycles. The van der Waals surface area contributed by atoms with Crippen LogP contribution in [0.1, 0.15) is 6.92 Å². The second-order valence-electron chi connectivity index (χ2n) is 2.08. The van der Waals surface area contributed by atoms with E-state index in [2.05, 4.69) is 0 Å². The first-order valence-electron chi connectivity index (χ1n) is 3.73. The molecule has 4 nitrogen and oxygen atoms in total. The van der Waals surface area contributed by atoms with Gasteiger partial charge >= 0.3 is 0 Å². The molecule has 0 aliphatic heterocycles. The highest BCUT2D eigenvalue weighted by Crippen LogP contribution is 1.89. The van der Waals surface area contributed by atoms with Gasteiger partial charge in [0.15, 0.2) is 6.29 Å². The summed E-state index contributed by atoms with van der Waals surface area (Å²) in [5.74, 6) is 0. The first-order valence-corrected chi connectivity index (χ1v) is 3.73. The van der Waals surface area contributed by atoms with Crippen LogP contribution >= 0.6 is 0 Å². The lowest BCUT2D eigenvalue weighted by Gasteiger charge is -2.10. The Morgan fingerprint density at radius 1 is 1.27 bits per heavy atom. The van der Waals surface area contributed by atoms with Crippen molar-refractivity contribution in [3.05, 3.63) is 0 Å². The van der Waals surface area contributed by atoms with Gasteiger partial charge in [-0.05, 0) is 6.92 Å². The molecule has 4 heteroatoms. The Morgan fingerprint density at radius 2 is 2.00 bits per heavy atom. The van der Waals surface area contributed by atoms with Crippen LogP contribution in [0.15, 0.2) is 0 Å². The van der Waals surface area contributed by atoms with Crippen LogP contribution in [0.2, 0.25) is 0 Å². The maximum absolute atomic E-state index is 5.21. The second kappa shape index (κ2) is 7.94. The van der Waals surface area contributed by atoms with Gasteiger partial charge in [0.05, 0.1) is 19.8 Å². The van der Waals surface area contributed by atoms with E-state index in [1.54, 1.807) is 7.11 Å². The number of methoxy groups -OCH3 is 1. The smallest absolute Gasteiger partial charge is 0.154 e. The lowest BCUT2D eigenvalue weighted by molar-refractivity contribution is -0.121. The highest BCUT2D eigenvalue weighted by atomic mass is 16.7. The third-order valence-electron chi connectivity index (χ3n) is 1.17. The summed E-state index contributed by atoms with van der Waals surface area (Å²) >= 11 is 0. The van der Waals surface area contributed by atoms with Crippen molar-refractivity contribution >= 4 is 0 Å². The van der Waals surface area contributed by atoms with E-state index in [0.717, 1.165) is 0 Å². The Morgan fingerprint density at radius 3 is 2.55 bits per heavy atom. The maximum Gasteiger partial charge on any atom is 0.154 e. The minimum absolute atomic E-state index is 0.156. The summed E-state index contributed by atoms with van der Waals surface area (Å²) in [6.07, 6.45) is -0.156. The Labute approximate surface area is 67.6 Å². The molecule has 0 saturated heterocycles. The van der Waals surface area contributed by atoms with Crippen molar-refractivity contribution in [3.8, 4) is 0 Å². The molecule has 0 rings (SSSR count). The van der Waals surface area contributed by atoms with Crippen molar-refractivity contribution in [2.45, 2.75) is 13.2 Å². The number of rotatable bonds is 7. The molecule has 0 bridgehead atoms. The second-order valence-corrected chi connectivity index (χ2v) is 2.08. The van der Waals surface area contributed by atoms with Crippen LogP contribution in [0.5, 0.6) is 0 Å². The van der Waals surface area contributed by atoms with Gasteiger partial charge in [-0.3, -0.25) is 0 Å². The molecule has 0 spiro atoms. The van der Waals surface area contributed by atoms with Gasteiger partial charge in [0.2, 0.25) is 0 Å². The van der Waals surface area contributed by atoms with Crippen LogP contribution in [-0.2, 0) is 14.2 Å². The first-order chi connectivity index (χ1) is 5.31. The normalized spacial score (nSPS) is 13.4. The summed E-state index contributed by atoms with van der Waals surface area (Å²) in [6, 6.07) is 0. The zero-order chi connectivity index (χ0) is 8.53. The molecule has 0 saturated carbocycles. The van der Waals surface area contributed by atoms with E-state index in [9.17, 15) is 0 Å². The van der Waals surface area contributed by atoms with Crippen molar-refractivity contribution in [1.82, 2.24) is 0 Å². The summed E-state index contributed by atoms with van der Waals surface area (Å²) in [5, 5.41) is 0. The molecule has 0 aliphatic carbocycles. The van der Waals surface area contributed by atoms with Gasteiger partial charge in [0.1, 0.15) is 0 Å². The van der Waals surface area contributed by atoms with Gasteiger partial charge in [0, 0.05) is 13.7 Å². The van der Waals surface area contributed by atoms with Crippen LogP contribution in [-0.4, -0.2) is 39.8 Å². The highest BCUT2D eigenvalue weighted by Gasteiger charge is 1.96. The van der Waals surface area contributed by atoms with Crippen LogP contribution in [0.25, 0.3) is 0 Å². The third-order valence-corrected chi connectivity index (χ3v) is 1.17. The summed E-state index contributed by atoms with van der Waals surface area (Å²) < 4.78 is 15.1. The van der Waals surface area contributed by atoms with E-state index in [4.69, 9.17) is 19.9 Å². The average Bonchev–Trinajstić information content (AvgIpc) is 2.04. The largest absolute Gasteiger partial charge is 0.378 e. The molecule has 68 valence electrons. The van der Waals surface area contributed by atoms with E-state index in [1.807, 2.05) is 6.92 Å². The van der Waals surface area contributed by atoms with E-state index >= 15 is 0 Å². The van der Waals surface area contributed by atoms with Crippen LogP contribution < -0.4 is 5.73 Å². The van der Waals surface area contributed by atoms with E-state index < -0.39 is 0 Å². The van der Waals surface area contributed by atoms with Crippen LogP contribution in [0, 0.1) is 0 Å². The molecule has 0 unspecified atom stereocenters. The molecule has 0 amide bonds.